The Morgan fingerprint density at radius 2 is 1.85 bits per heavy atom. The standard InChI is InChI=1S/C23H28N2O/c1-4-24-16-21-20-7-5-6-8-22(20)25(23(21)15-17(24)2)14-13-18-9-11-19(26-3)12-10-18/h5-12,17H,4,13-16H2,1-3H3. The van der Waals surface area contributed by atoms with Crippen LogP contribution in [0.25, 0.3) is 10.9 Å². The summed E-state index contributed by atoms with van der Waals surface area (Å²) in [6.07, 6.45) is 2.18. The van der Waals surface area contributed by atoms with E-state index in [2.05, 4.69) is 71.8 Å². The van der Waals surface area contributed by atoms with Crippen LogP contribution in [0.2, 0.25) is 0 Å². The average molecular weight is 348 g/mol. The van der Waals surface area contributed by atoms with E-state index in [0.29, 0.717) is 6.04 Å². The molecule has 1 aliphatic heterocycles. The quantitative estimate of drug-likeness (QED) is 0.667. The second-order valence-electron chi connectivity index (χ2n) is 7.31. The summed E-state index contributed by atoms with van der Waals surface area (Å²) in [5.41, 5.74) is 5.82. The molecule has 0 spiro atoms. The summed E-state index contributed by atoms with van der Waals surface area (Å²) in [5, 5.41) is 1.43. The van der Waals surface area contributed by atoms with Crippen LogP contribution in [0.4, 0.5) is 0 Å². The van der Waals surface area contributed by atoms with Gasteiger partial charge in [-0.3, -0.25) is 4.90 Å². The van der Waals surface area contributed by atoms with Gasteiger partial charge in [0.15, 0.2) is 0 Å². The molecule has 0 saturated carbocycles. The molecular formula is C23H28N2O. The lowest BCUT2D eigenvalue weighted by Gasteiger charge is -2.33. The lowest BCUT2D eigenvalue weighted by Crippen LogP contribution is -2.38. The normalized spacial score (nSPS) is 17.4. The molecule has 1 atom stereocenters. The number of methoxy groups -OCH3 is 1. The van der Waals surface area contributed by atoms with Gasteiger partial charge in [-0.25, -0.2) is 0 Å². The van der Waals surface area contributed by atoms with Crippen LogP contribution in [0.15, 0.2) is 48.5 Å². The summed E-state index contributed by atoms with van der Waals surface area (Å²) in [6.45, 7) is 7.85. The summed E-state index contributed by atoms with van der Waals surface area (Å²) >= 11 is 0. The van der Waals surface area contributed by atoms with Crippen LogP contribution in [0, 0.1) is 0 Å². The van der Waals surface area contributed by atoms with E-state index < -0.39 is 0 Å². The van der Waals surface area contributed by atoms with Gasteiger partial charge in [0.1, 0.15) is 5.75 Å². The highest BCUT2D eigenvalue weighted by atomic mass is 16.5. The van der Waals surface area contributed by atoms with Crippen LogP contribution in [0.5, 0.6) is 5.75 Å². The highest BCUT2D eigenvalue weighted by Crippen LogP contribution is 2.33. The van der Waals surface area contributed by atoms with Gasteiger partial charge < -0.3 is 9.30 Å². The zero-order valence-electron chi connectivity index (χ0n) is 16.0. The van der Waals surface area contributed by atoms with E-state index in [1.165, 1.54) is 27.7 Å². The number of para-hydroxylation sites is 1. The Labute approximate surface area is 156 Å². The number of nitrogens with zero attached hydrogens (tertiary/aromatic N) is 2. The fraction of sp³-hybridized carbons (Fsp3) is 0.391. The van der Waals surface area contributed by atoms with E-state index >= 15 is 0 Å². The van der Waals surface area contributed by atoms with Crippen molar-refractivity contribution in [1.29, 1.82) is 0 Å². The number of hydrogen-bond donors (Lipinski definition) is 0. The van der Waals surface area contributed by atoms with Gasteiger partial charge in [-0.05, 0) is 49.2 Å². The fourth-order valence-corrected chi connectivity index (χ4v) is 4.32. The smallest absolute Gasteiger partial charge is 0.118 e. The molecule has 0 bridgehead atoms. The molecule has 0 saturated heterocycles. The van der Waals surface area contributed by atoms with Crippen molar-refractivity contribution in [3.8, 4) is 5.75 Å². The number of fused-ring (bicyclic) bond motifs is 3. The van der Waals surface area contributed by atoms with Crippen LogP contribution in [-0.4, -0.2) is 29.2 Å². The van der Waals surface area contributed by atoms with Crippen LogP contribution in [0.3, 0.4) is 0 Å². The Hall–Kier alpha value is -2.26. The minimum absolute atomic E-state index is 0.608. The molecule has 1 unspecified atom stereocenters. The Morgan fingerprint density at radius 1 is 1.08 bits per heavy atom. The highest BCUT2D eigenvalue weighted by molar-refractivity contribution is 5.85. The molecule has 0 fully saturated rings. The predicted molar refractivity (Wildman–Crippen MR) is 108 cm³/mol. The first-order valence-corrected chi connectivity index (χ1v) is 9.67. The molecule has 0 radical (unpaired) electrons. The van der Waals surface area contributed by atoms with Gasteiger partial charge >= 0.3 is 0 Å². The molecule has 0 N–H and O–H groups in total. The molecule has 4 rings (SSSR count). The van der Waals surface area contributed by atoms with Crippen molar-refractivity contribution in [2.75, 3.05) is 13.7 Å². The van der Waals surface area contributed by atoms with Crippen molar-refractivity contribution in [2.45, 2.75) is 45.8 Å². The van der Waals surface area contributed by atoms with Crippen molar-refractivity contribution in [3.05, 3.63) is 65.4 Å². The van der Waals surface area contributed by atoms with Crippen LogP contribution >= 0.6 is 0 Å². The van der Waals surface area contributed by atoms with E-state index in [1.807, 2.05) is 0 Å². The first-order valence-electron chi connectivity index (χ1n) is 9.67. The zero-order chi connectivity index (χ0) is 18.1. The number of aromatic nitrogens is 1. The largest absolute Gasteiger partial charge is 0.497 e. The number of rotatable bonds is 5. The summed E-state index contributed by atoms with van der Waals surface area (Å²) in [4.78, 5) is 2.59. The number of ether oxygens (including phenoxy) is 1. The third-order valence-electron chi connectivity index (χ3n) is 5.86. The maximum absolute atomic E-state index is 5.27. The Balaban J connectivity index is 1.67. The van der Waals surface area contributed by atoms with Crippen molar-refractivity contribution in [3.63, 3.8) is 0 Å². The summed E-state index contributed by atoms with van der Waals surface area (Å²) < 4.78 is 7.84. The first-order chi connectivity index (χ1) is 12.7. The highest BCUT2D eigenvalue weighted by Gasteiger charge is 2.27. The third kappa shape index (κ3) is 3.01. The van der Waals surface area contributed by atoms with Crippen LogP contribution in [0.1, 0.15) is 30.7 Å². The Kier molecular flexibility index (Phi) is 4.73. The number of hydrogen-bond acceptors (Lipinski definition) is 2. The maximum atomic E-state index is 5.27. The van der Waals surface area contributed by atoms with Crippen molar-refractivity contribution >= 4 is 10.9 Å². The number of aryl methyl sites for hydroxylation is 2. The third-order valence-corrected chi connectivity index (χ3v) is 5.86. The van der Waals surface area contributed by atoms with Crippen LogP contribution < -0.4 is 4.74 Å². The zero-order valence-corrected chi connectivity index (χ0v) is 16.0. The van der Waals surface area contributed by atoms with Gasteiger partial charge in [0, 0.05) is 42.1 Å². The van der Waals surface area contributed by atoms with Gasteiger partial charge in [-0.15, -0.1) is 0 Å². The van der Waals surface area contributed by atoms with E-state index in [1.54, 1.807) is 7.11 Å². The van der Waals surface area contributed by atoms with Gasteiger partial charge in [0.05, 0.1) is 7.11 Å². The molecule has 3 aromatic rings. The predicted octanol–water partition coefficient (Wildman–Crippen LogP) is 4.66. The second kappa shape index (κ2) is 7.16. The van der Waals surface area contributed by atoms with Crippen molar-refractivity contribution in [2.24, 2.45) is 0 Å². The van der Waals surface area contributed by atoms with Gasteiger partial charge in [0.25, 0.3) is 0 Å². The maximum Gasteiger partial charge on any atom is 0.118 e. The summed E-state index contributed by atoms with van der Waals surface area (Å²) in [6, 6.07) is 18.0. The monoisotopic (exact) mass is 348 g/mol. The van der Waals surface area contributed by atoms with E-state index in [9.17, 15) is 0 Å². The average Bonchev–Trinajstić information content (AvgIpc) is 2.98. The molecule has 1 aliphatic rings. The number of benzene rings is 2. The van der Waals surface area contributed by atoms with E-state index in [0.717, 1.165) is 38.2 Å². The summed E-state index contributed by atoms with van der Waals surface area (Å²) in [7, 11) is 1.72. The molecular weight excluding hydrogens is 320 g/mol. The summed E-state index contributed by atoms with van der Waals surface area (Å²) in [5.74, 6) is 0.922. The molecule has 0 amide bonds. The Morgan fingerprint density at radius 3 is 2.58 bits per heavy atom. The van der Waals surface area contributed by atoms with Crippen LogP contribution in [-0.2, 0) is 25.9 Å². The first kappa shape index (κ1) is 17.2. The van der Waals surface area contributed by atoms with Gasteiger partial charge in [-0.2, -0.15) is 0 Å². The number of likely N-dealkylation sites (N-methyl/N-ethyl adjacent to an activating group) is 1. The molecule has 26 heavy (non-hydrogen) atoms. The molecule has 3 heteroatoms. The Bertz CT molecular complexity index is 894. The molecule has 1 aromatic heterocycles. The molecule has 136 valence electrons. The van der Waals surface area contributed by atoms with Crippen molar-refractivity contribution < 1.29 is 4.74 Å². The lowest BCUT2D eigenvalue weighted by atomic mass is 9.99. The SMILES string of the molecule is CCN1Cc2c(n(CCc3ccc(OC)cc3)c3ccccc23)CC1C. The van der Waals surface area contributed by atoms with Gasteiger partial charge in [0.2, 0.25) is 0 Å². The fourth-order valence-electron chi connectivity index (χ4n) is 4.32. The second-order valence-corrected chi connectivity index (χ2v) is 7.31. The lowest BCUT2D eigenvalue weighted by molar-refractivity contribution is 0.192. The molecule has 0 aliphatic carbocycles. The molecule has 2 aromatic carbocycles. The van der Waals surface area contributed by atoms with Crippen molar-refractivity contribution in [1.82, 2.24) is 9.47 Å². The minimum Gasteiger partial charge on any atom is -0.497 e. The minimum atomic E-state index is 0.608. The molecule has 3 nitrogen and oxygen atoms in total. The topological polar surface area (TPSA) is 17.4 Å². The van der Waals surface area contributed by atoms with E-state index in [-0.39, 0.29) is 0 Å². The van der Waals surface area contributed by atoms with E-state index in [4.69, 9.17) is 4.74 Å². The molecule has 2 heterocycles. The van der Waals surface area contributed by atoms with Gasteiger partial charge in [-0.1, -0.05) is 37.3 Å².